The van der Waals surface area contributed by atoms with Gasteiger partial charge in [0, 0.05) is 6.54 Å². The summed E-state index contributed by atoms with van der Waals surface area (Å²) >= 11 is 0. The summed E-state index contributed by atoms with van der Waals surface area (Å²) in [6.07, 6.45) is 12.5. The number of allylic oxidation sites excluding steroid dienone is 1. The van der Waals surface area contributed by atoms with Crippen molar-refractivity contribution in [1.82, 2.24) is 4.72 Å². The molecule has 0 saturated carbocycles. The van der Waals surface area contributed by atoms with Crippen LogP contribution in [-0.2, 0) is 16.4 Å². The first-order valence-electron chi connectivity index (χ1n) is 8.88. The Labute approximate surface area is 141 Å². The lowest BCUT2D eigenvalue weighted by atomic mass is 9.97. The van der Waals surface area contributed by atoms with Gasteiger partial charge in [-0.3, -0.25) is 0 Å². The molecule has 0 unspecified atom stereocenters. The lowest BCUT2D eigenvalue weighted by Crippen LogP contribution is -2.25. The third kappa shape index (κ3) is 6.11. The van der Waals surface area contributed by atoms with Crippen LogP contribution in [0.2, 0.25) is 0 Å². The summed E-state index contributed by atoms with van der Waals surface area (Å²) in [6.45, 7) is 2.68. The average molecular weight is 336 g/mol. The van der Waals surface area contributed by atoms with Crippen LogP contribution in [0, 0.1) is 0 Å². The molecule has 3 nitrogen and oxygen atoms in total. The molecule has 2 rings (SSSR count). The zero-order chi connectivity index (χ0) is 16.5. The van der Waals surface area contributed by atoms with Gasteiger partial charge >= 0.3 is 0 Å². The van der Waals surface area contributed by atoms with Gasteiger partial charge in [-0.1, -0.05) is 43.5 Å². The minimum Gasteiger partial charge on any atom is -0.211 e. The Bertz CT molecular complexity index is 603. The average Bonchev–Trinajstić information content (AvgIpc) is 2.56. The molecule has 1 N–H and O–H groups in total. The number of benzene rings is 1. The number of unbranched alkanes of at least 4 members (excludes halogenated alkanes) is 2. The maximum Gasteiger partial charge on any atom is 0.240 e. The Morgan fingerprint density at radius 2 is 1.83 bits per heavy atom. The third-order valence-corrected chi connectivity index (χ3v) is 5.90. The van der Waals surface area contributed by atoms with Crippen LogP contribution in [0.15, 0.2) is 40.8 Å². The Morgan fingerprint density at radius 1 is 1.04 bits per heavy atom. The number of sulfonamides is 1. The maximum atomic E-state index is 12.3. The summed E-state index contributed by atoms with van der Waals surface area (Å²) in [5, 5.41) is 0. The molecule has 1 aliphatic carbocycles. The highest BCUT2D eigenvalue weighted by molar-refractivity contribution is 7.89. The van der Waals surface area contributed by atoms with Gasteiger partial charge in [-0.15, -0.1) is 0 Å². The van der Waals surface area contributed by atoms with Crippen LogP contribution < -0.4 is 4.72 Å². The highest BCUT2D eigenvalue weighted by Crippen LogP contribution is 2.20. The van der Waals surface area contributed by atoms with Crippen molar-refractivity contribution in [2.24, 2.45) is 0 Å². The monoisotopic (exact) mass is 335 g/mol. The molecule has 0 heterocycles. The van der Waals surface area contributed by atoms with E-state index < -0.39 is 10.0 Å². The van der Waals surface area contributed by atoms with E-state index in [1.54, 1.807) is 12.1 Å². The Kier molecular flexibility index (Phi) is 7.31. The molecule has 23 heavy (non-hydrogen) atoms. The molecule has 0 aromatic heterocycles. The molecule has 0 aliphatic heterocycles. The minimum atomic E-state index is -3.38. The summed E-state index contributed by atoms with van der Waals surface area (Å²) in [5.74, 6) is 0. The summed E-state index contributed by atoms with van der Waals surface area (Å²) in [7, 11) is -3.38. The van der Waals surface area contributed by atoms with Crippen molar-refractivity contribution >= 4 is 10.0 Å². The first-order chi connectivity index (χ1) is 11.1. The molecule has 128 valence electrons. The zero-order valence-corrected chi connectivity index (χ0v) is 15.0. The van der Waals surface area contributed by atoms with Crippen LogP contribution in [-0.4, -0.2) is 15.0 Å². The lowest BCUT2D eigenvalue weighted by molar-refractivity contribution is 0.579. The molecular formula is C19H29NO2S. The second-order valence-electron chi connectivity index (χ2n) is 6.36. The van der Waals surface area contributed by atoms with E-state index >= 15 is 0 Å². The first kappa shape index (κ1) is 18.2. The van der Waals surface area contributed by atoms with Crippen LogP contribution in [0.25, 0.3) is 0 Å². The molecule has 1 aromatic rings. The highest BCUT2D eigenvalue weighted by atomic mass is 32.2. The first-order valence-corrected chi connectivity index (χ1v) is 10.4. The maximum absolute atomic E-state index is 12.3. The van der Waals surface area contributed by atoms with E-state index in [1.165, 1.54) is 36.8 Å². The van der Waals surface area contributed by atoms with E-state index in [4.69, 9.17) is 0 Å². The second kappa shape index (κ2) is 9.24. The molecule has 0 saturated heterocycles. The Morgan fingerprint density at radius 3 is 2.48 bits per heavy atom. The summed E-state index contributed by atoms with van der Waals surface area (Å²) in [5.41, 5.74) is 2.61. The molecule has 0 radical (unpaired) electrons. The topological polar surface area (TPSA) is 46.2 Å². The van der Waals surface area contributed by atoms with Gasteiger partial charge in [-0.25, -0.2) is 13.1 Å². The number of hydrogen-bond acceptors (Lipinski definition) is 2. The van der Waals surface area contributed by atoms with Crippen molar-refractivity contribution in [1.29, 1.82) is 0 Å². The zero-order valence-electron chi connectivity index (χ0n) is 14.2. The number of aryl methyl sites for hydroxylation is 1. The van der Waals surface area contributed by atoms with Gasteiger partial charge < -0.3 is 0 Å². The summed E-state index contributed by atoms with van der Waals surface area (Å²) < 4.78 is 27.4. The number of hydrogen-bond donors (Lipinski definition) is 1. The van der Waals surface area contributed by atoms with Crippen LogP contribution >= 0.6 is 0 Å². The van der Waals surface area contributed by atoms with Gasteiger partial charge in [0.2, 0.25) is 10.0 Å². The van der Waals surface area contributed by atoms with Crippen molar-refractivity contribution in [2.45, 2.75) is 69.6 Å². The molecule has 0 spiro atoms. The molecule has 0 amide bonds. The summed E-state index contributed by atoms with van der Waals surface area (Å²) in [6, 6.07) is 7.33. The van der Waals surface area contributed by atoms with Crippen LogP contribution in [0.4, 0.5) is 0 Å². The fourth-order valence-electron chi connectivity index (χ4n) is 2.98. The van der Waals surface area contributed by atoms with Crippen LogP contribution in [0.3, 0.4) is 0 Å². The fraction of sp³-hybridized carbons (Fsp3) is 0.579. The van der Waals surface area contributed by atoms with Gasteiger partial charge in [0.1, 0.15) is 0 Å². The standard InChI is InChI=1S/C19H29NO2S/c1-2-3-5-8-18-11-13-19(14-12-18)23(21,22)20-16-15-17-9-6-4-7-10-17/h9,11-14,20H,2-8,10,15-16H2,1H3. The SMILES string of the molecule is CCCCCc1ccc(S(=O)(=O)NCCC2=CCCCC2)cc1. The molecule has 0 atom stereocenters. The van der Waals surface area contributed by atoms with E-state index in [0.29, 0.717) is 11.4 Å². The van der Waals surface area contributed by atoms with E-state index in [1.807, 2.05) is 12.1 Å². The van der Waals surface area contributed by atoms with Crippen LogP contribution in [0.1, 0.15) is 63.9 Å². The van der Waals surface area contributed by atoms with Gasteiger partial charge in [0.05, 0.1) is 4.90 Å². The third-order valence-electron chi connectivity index (χ3n) is 4.43. The molecular weight excluding hydrogens is 306 g/mol. The highest BCUT2D eigenvalue weighted by Gasteiger charge is 2.13. The Hall–Kier alpha value is -1.13. The smallest absolute Gasteiger partial charge is 0.211 e. The molecule has 1 aliphatic rings. The largest absolute Gasteiger partial charge is 0.240 e. The molecule has 4 heteroatoms. The van der Waals surface area contributed by atoms with E-state index in [9.17, 15) is 8.42 Å². The Balaban J connectivity index is 1.84. The normalized spacial score (nSPS) is 15.4. The number of nitrogens with one attached hydrogen (secondary N) is 1. The predicted octanol–water partition coefficient (Wildman–Crippen LogP) is 4.59. The van der Waals surface area contributed by atoms with Crippen molar-refractivity contribution < 1.29 is 8.42 Å². The molecule has 0 bridgehead atoms. The quantitative estimate of drug-likeness (QED) is 0.530. The van der Waals surface area contributed by atoms with Crippen molar-refractivity contribution in [2.75, 3.05) is 6.54 Å². The lowest BCUT2D eigenvalue weighted by Gasteiger charge is -2.13. The van der Waals surface area contributed by atoms with Gasteiger partial charge in [0.25, 0.3) is 0 Å². The van der Waals surface area contributed by atoms with Crippen molar-refractivity contribution in [3.8, 4) is 0 Å². The molecule has 0 fully saturated rings. The van der Waals surface area contributed by atoms with E-state index in [-0.39, 0.29) is 0 Å². The molecule has 1 aromatic carbocycles. The summed E-state index contributed by atoms with van der Waals surface area (Å²) in [4.78, 5) is 0.370. The van der Waals surface area contributed by atoms with Gasteiger partial charge in [-0.05, 0) is 62.6 Å². The van der Waals surface area contributed by atoms with Crippen molar-refractivity contribution in [3.05, 3.63) is 41.5 Å². The predicted molar refractivity (Wildman–Crippen MR) is 96.0 cm³/mol. The number of rotatable bonds is 9. The van der Waals surface area contributed by atoms with Crippen molar-refractivity contribution in [3.63, 3.8) is 0 Å². The minimum absolute atomic E-state index is 0.370. The second-order valence-corrected chi connectivity index (χ2v) is 8.12. The van der Waals surface area contributed by atoms with E-state index in [0.717, 1.165) is 32.1 Å². The fourth-order valence-corrected chi connectivity index (χ4v) is 4.01. The van der Waals surface area contributed by atoms with Gasteiger partial charge in [0.15, 0.2) is 0 Å². The van der Waals surface area contributed by atoms with Crippen LogP contribution in [0.5, 0.6) is 0 Å². The van der Waals surface area contributed by atoms with E-state index in [2.05, 4.69) is 17.7 Å². The van der Waals surface area contributed by atoms with Gasteiger partial charge in [-0.2, -0.15) is 0 Å².